The van der Waals surface area contributed by atoms with Crippen LogP contribution in [0.5, 0.6) is 0 Å². The Labute approximate surface area is 115 Å². The molecule has 0 aliphatic rings. The molecular formula is C17H22N2. The van der Waals surface area contributed by atoms with Gasteiger partial charge in [0.1, 0.15) is 0 Å². The highest BCUT2D eigenvalue weighted by molar-refractivity contribution is 5.41. The van der Waals surface area contributed by atoms with Gasteiger partial charge in [0.25, 0.3) is 0 Å². The maximum absolute atomic E-state index is 5.87. The summed E-state index contributed by atoms with van der Waals surface area (Å²) in [7, 11) is 0. The first-order valence-electron chi connectivity index (χ1n) is 6.84. The molecule has 0 saturated heterocycles. The molecule has 0 aliphatic carbocycles. The molecular weight excluding hydrogens is 232 g/mol. The molecule has 0 bridgehead atoms. The minimum atomic E-state index is 0.369. The molecule has 1 atom stereocenters. The third-order valence-electron chi connectivity index (χ3n) is 3.58. The van der Waals surface area contributed by atoms with Crippen LogP contribution in [0, 0.1) is 0 Å². The molecule has 2 aromatic rings. The Bertz CT molecular complexity index is 508. The quantitative estimate of drug-likeness (QED) is 0.821. The zero-order valence-corrected chi connectivity index (χ0v) is 11.7. The molecule has 19 heavy (non-hydrogen) atoms. The number of hydrogen-bond acceptors (Lipinski definition) is 2. The van der Waals surface area contributed by atoms with Gasteiger partial charge in [-0.2, -0.15) is 0 Å². The average molecular weight is 254 g/mol. The molecule has 0 fully saturated rings. The first-order chi connectivity index (χ1) is 9.20. The van der Waals surface area contributed by atoms with Crippen LogP contribution in [0.15, 0.2) is 54.6 Å². The average Bonchev–Trinajstić information content (AvgIpc) is 2.45. The van der Waals surface area contributed by atoms with Crippen LogP contribution in [0.4, 0.5) is 5.69 Å². The fourth-order valence-corrected chi connectivity index (χ4v) is 2.37. The van der Waals surface area contributed by atoms with Crippen LogP contribution in [0.25, 0.3) is 0 Å². The fraction of sp³-hybridized carbons (Fsp3) is 0.294. The predicted octanol–water partition coefficient (Wildman–Crippen LogP) is 3.85. The third kappa shape index (κ3) is 3.58. The second-order valence-electron chi connectivity index (χ2n) is 4.89. The molecule has 100 valence electrons. The van der Waals surface area contributed by atoms with E-state index in [0.29, 0.717) is 6.04 Å². The number of nitrogen functional groups attached to an aromatic ring is 1. The van der Waals surface area contributed by atoms with Crippen LogP contribution >= 0.6 is 0 Å². The van der Waals surface area contributed by atoms with Crippen molar-refractivity contribution in [2.24, 2.45) is 0 Å². The topological polar surface area (TPSA) is 29.3 Å². The summed E-state index contributed by atoms with van der Waals surface area (Å²) in [4.78, 5) is 2.45. The molecule has 0 spiro atoms. The Hall–Kier alpha value is -1.80. The van der Waals surface area contributed by atoms with Crippen molar-refractivity contribution in [1.82, 2.24) is 4.90 Å². The molecule has 2 rings (SSSR count). The van der Waals surface area contributed by atoms with E-state index in [9.17, 15) is 0 Å². The van der Waals surface area contributed by atoms with E-state index in [2.05, 4.69) is 61.2 Å². The van der Waals surface area contributed by atoms with E-state index < -0.39 is 0 Å². The summed E-state index contributed by atoms with van der Waals surface area (Å²) in [5, 5.41) is 0. The Morgan fingerprint density at radius 3 is 2.42 bits per heavy atom. The number of hydrogen-bond donors (Lipinski definition) is 1. The van der Waals surface area contributed by atoms with Gasteiger partial charge in [0.05, 0.1) is 0 Å². The molecule has 0 radical (unpaired) electrons. The maximum atomic E-state index is 5.87. The number of benzene rings is 2. The van der Waals surface area contributed by atoms with Crippen molar-refractivity contribution in [3.05, 3.63) is 65.7 Å². The van der Waals surface area contributed by atoms with Crippen molar-refractivity contribution in [3.8, 4) is 0 Å². The van der Waals surface area contributed by atoms with Gasteiger partial charge in [-0.1, -0.05) is 49.4 Å². The predicted molar refractivity (Wildman–Crippen MR) is 81.8 cm³/mol. The summed E-state index contributed by atoms with van der Waals surface area (Å²) >= 11 is 0. The Balaban J connectivity index is 2.13. The van der Waals surface area contributed by atoms with Gasteiger partial charge in [0.15, 0.2) is 0 Å². The van der Waals surface area contributed by atoms with Gasteiger partial charge in [-0.15, -0.1) is 0 Å². The lowest BCUT2D eigenvalue weighted by molar-refractivity contribution is 0.213. The lowest BCUT2D eigenvalue weighted by atomic mass is 10.1. The van der Waals surface area contributed by atoms with Crippen LogP contribution < -0.4 is 5.73 Å². The monoisotopic (exact) mass is 254 g/mol. The van der Waals surface area contributed by atoms with E-state index in [1.165, 1.54) is 11.1 Å². The maximum Gasteiger partial charge on any atom is 0.0324 e. The second kappa shape index (κ2) is 6.39. The van der Waals surface area contributed by atoms with E-state index >= 15 is 0 Å². The van der Waals surface area contributed by atoms with E-state index in [1.54, 1.807) is 0 Å². The molecule has 0 aliphatic heterocycles. The highest BCUT2D eigenvalue weighted by Gasteiger charge is 2.14. The van der Waals surface area contributed by atoms with E-state index in [-0.39, 0.29) is 0 Å². The SMILES string of the molecule is CCN(Cc1ccccc1)C(C)c1cccc(N)c1. The van der Waals surface area contributed by atoms with Gasteiger partial charge < -0.3 is 5.73 Å². The second-order valence-corrected chi connectivity index (χ2v) is 4.89. The van der Waals surface area contributed by atoms with Crippen LogP contribution in [-0.4, -0.2) is 11.4 Å². The van der Waals surface area contributed by atoms with E-state index in [1.807, 2.05) is 12.1 Å². The lowest BCUT2D eigenvalue weighted by Crippen LogP contribution is -2.26. The summed E-state index contributed by atoms with van der Waals surface area (Å²) in [6, 6.07) is 19.1. The van der Waals surface area contributed by atoms with Crippen molar-refractivity contribution in [1.29, 1.82) is 0 Å². The molecule has 2 aromatic carbocycles. The zero-order chi connectivity index (χ0) is 13.7. The normalized spacial score (nSPS) is 12.6. The number of rotatable bonds is 5. The number of nitrogens with zero attached hydrogens (tertiary/aromatic N) is 1. The third-order valence-corrected chi connectivity index (χ3v) is 3.58. The Morgan fingerprint density at radius 1 is 1.05 bits per heavy atom. The summed E-state index contributed by atoms with van der Waals surface area (Å²) < 4.78 is 0. The zero-order valence-electron chi connectivity index (χ0n) is 11.7. The highest BCUT2D eigenvalue weighted by Crippen LogP contribution is 2.23. The molecule has 0 amide bonds. The van der Waals surface area contributed by atoms with Crippen molar-refractivity contribution in [2.75, 3.05) is 12.3 Å². The molecule has 0 aromatic heterocycles. The minimum absolute atomic E-state index is 0.369. The summed E-state index contributed by atoms with van der Waals surface area (Å²) in [5.41, 5.74) is 9.33. The van der Waals surface area contributed by atoms with Crippen LogP contribution in [-0.2, 0) is 6.54 Å². The summed E-state index contributed by atoms with van der Waals surface area (Å²) in [6.07, 6.45) is 0. The van der Waals surface area contributed by atoms with Gasteiger partial charge >= 0.3 is 0 Å². The largest absolute Gasteiger partial charge is 0.399 e. The first-order valence-corrected chi connectivity index (χ1v) is 6.84. The molecule has 0 saturated carbocycles. The van der Waals surface area contributed by atoms with Gasteiger partial charge in [0, 0.05) is 18.3 Å². The summed E-state index contributed by atoms with van der Waals surface area (Å²) in [6.45, 7) is 6.42. The standard InChI is InChI=1S/C17H22N2/c1-3-19(13-15-8-5-4-6-9-15)14(2)16-10-7-11-17(18)12-16/h4-12,14H,3,13,18H2,1-2H3. The van der Waals surface area contributed by atoms with Gasteiger partial charge in [0.2, 0.25) is 0 Å². The first kappa shape index (κ1) is 13.6. The Kier molecular flexibility index (Phi) is 4.58. The molecule has 0 heterocycles. The van der Waals surface area contributed by atoms with Crippen molar-refractivity contribution < 1.29 is 0 Å². The smallest absolute Gasteiger partial charge is 0.0324 e. The highest BCUT2D eigenvalue weighted by atomic mass is 15.1. The van der Waals surface area contributed by atoms with Crippen molar-refractivity contribution in [3.63, 3.8) is 0 Å². The van der Waals surface area contributed by atoms with Crippen LogP contribution in [0.2, 0.25) is 0 Å². The molecule has 2 heteroatoms. The van der Waals surface area contributed by atoms with Gasteiger partial charge in [-0.25, -0.2) is 0 Å². The molecule has 2 nitrogen and oxygen atoms in total. The van der Waals surface area contributed by atoms with E-state index in [0.717, 1.165) is 18.8 Å². The van der Waals surface area contributed by atoms with Crippen LogP contribution in [0.1, 0.15) is 31.0 Å². The van der Waals surface area contributed by atoms with Crippen LogP contribution in [0.3, 0.4) is 0 Å². The lowest BCUT2D eigenvalue weighted by Gasteiger charge is -2.28. The molecule has 2 N–H and O–H groups in total. The van der Waals surface area contributed by atoms with E-state index in [4.69, 9.17) is 5.73 Å². The summed E-state index contributed by atoms with van der Waals surface area (Å²) in [5.74, 6) is 0. The van der Waals surface area contributed by atoms with Crippen molar-refractivity contribution in [2.45, 2.75) is 26.4 Å². The van der Waals surface area contributed by atoms with Gasteiger partial charge in [-0.3, -0.25) is 4.90 Å². The minimum Gasteiger partial charge on any atom is -0.399 e. The number of nitrogens with two attached hydrogens (primary N) is 1. The number of anilines is 1. The Morgan fingerprint density at radius 2 is 1.79 bits per heavy atom. The van der Waals surface area contributed by atoms with Gasteiger partial charge in [-0.05, 0) is 36.7 Å². The fourth-order valence-electron chi connectivity index (χ4n) is 2.37. The molecule has 1 unspecified atom stereocenters. The van der Waals surface area contributed by atoms with Crippen molar-refractivity contribution >= 4 is 5.69 Å².